The van der Waals surface area contributed by atoms with Crippen molar-refractivity contribution < 1.29 is 0 Å². The Bertz CT molecular complexity index is 631. The van der Waals surface area contributed by atoms with Gasteiger partial charge in [-0.3, -0.25) is 0 Å². The SMILES string of the molecule is c1ccc(-c2cnc(SCCCc3cnc[nH]3)[nH]2)cc1. The van der Waals surface area contributed by atoms with E-state index in [2.05, 4.69) is 32.1 Å². The average Bonchev–Trinajstić information content (AvgIpc) is 3.16. The molecule has 102 valence electrons. The van der Waals surface area contributed by atoms with Crippen LogP contribution in [0.25, 0.3) is 11.3 Å². The molecule has 3 rings (SSSR count). The van der Waals surface area contributed by atoms with E-state index < -0.39 is 0 Å². The van der Waals surface area contributed by atoms with Crippen molar-refractivity contribution in [3.8, 4) is 11.3 Å². The maximum Gasteiger partial charge on any atom is 0.165 e. The number of hydrogen-bond acceptors (Lipinski definition) is 3. The zero-order valence-corrected chi connectivity index (χ0v) is 11.9. The lowest BCUT2D eigenvalue weighted by Gasteiger charge is -1.98. The van der Waals surface area contributed by atoms with Crippen LogP contribution < -0.4 is 0 Å². The third kappa shape index (κ3) is 3.30. The minimum atomic E-state index is 0.980. The fraction of sp³-hybridized carbons (Fsp3) is 0.200. The van der Waals surface area contributed by atoms with Gasteiger partial charge in [-0.15, -0.1) is 0 Å². The van der Waals surface area contributed by atoms with Gasteiger partial charge in [-0.25, -0.2) is 9.97 Å². The molecule has 2 aromatic heterocycles. The van der Waals surface area contributed by atoms with Gasteiger partial charge in [-0.1, -0.05) is 42.1 Å². The smallest absolute Gasteiger partial charge is 0.165 e. The molecular weight excluding hydrogens is 268 g/mol. The summed E-state index contributed by atoms with van der Waals surface area (Å²) in [5.74, 6) is 1.04. The van der Waals surface area contributed by atoms with Crippen molar-refractivity contribution in [3.05, 3.63) is 54.7 Å². The first-order chi connectivity index (χ1) is 9.92. The van der Waals surface area contributed by atoms with Gasteiger partial charge >= 0.3 is 0 Å². The average molecular weight is 284 g/mol. The highest BCUT2D eigenvalue weighted by molar-refractivity contribution is 7.99. The largest absolute Gasteiger partial charge is 0.348 e. The fourth-order valence-corrected chi connectivity index (χ4v) is 2.78. The molecule has 0 fully saturated rings. The van der Waals surface area contributed by atoms with Crippen LogP contribution in [0.2, 0.25) is 0 Å². The van der Waals surface area contributed by atoms with Crippen molar-refractivity contribution in [1.82, 2.24) is 19.9 Å². The van der Waals surface area contributed by atoms with Gasteiger partial charge in [-0.2, -0.15) is 0 Å². The van der Waals surface area contributed by atoms with Crippen molar-refractivity contribution >= 4 is 11.8 Å². The second kappa shape index (κ2) is 6.43. The lowest BCUT2D eigenvalue weighted by Crippen LogP contribution is -1.88. The van der Waals surface area contributed by atoms with Crippen LogP contribution in [-0.2, 0) is 6.42 Å². The Morgan fingerprint density at radius 1 is 1.10 bits per heavy atom. The number of rotatable bonds is 6. The van der Waals surface area contributed by atoms with Gasteiger partial charge in [-0.05, 0) is 18.4 Å². The third-order valence-electron chi connectivity index (χ3n) is 3.02. The summed E-state index contributed by atoms with van der Waals surface area (Å²) in [6.07, 6.45) is 7.63. The van der Waals surface area contributed by atoms with E-state index in [-0.39, 0.29) is 0 Å². The number of nitrogens with zero attached hydrogens (tertiary/aromatic N) is 2. The van der Waals surface area contributed by atoms with Crippen molar-refractivity contribution in [3.63, 3.8) is 0 Å². The van der Waals surface area contributed by atoms with Gasteiger partial charge in [0.25, 0.3) is 0 Å². The van der Waals surface area contributed by atoms with Crippen molar-refractivity contribution in [2.45, 2.75) is 18.0 Å². The summed E-state index contributed by atoms with van der Waals surface area (Å²) in [4.78, 5) is 14.9. The number of nitrogens with one attached hydrogen (secondary N) is 2. The molecule has 1 aromatic carbocycles. The first kappa shape index (κ1) is 13.0. The molecule has 0 spiro atoms. The van der Waals surface area contributed by atoms with Crippen LogP contribution in [0.5, 0.6) is 0 Å². The number of imidazole rings is 2. The summed E-state index contributed by atoms with van der Waals surface area (Å²) >= 11 is 1.76. The highest BCUT2D eigenvalue weighted by Crippen LogP contribution is 2.21. The molecule has 0 radical (unpaired) electrons. The first-order valence-corrected chi connectivity index (χ1v) is 7.61. The quantitative estimate of drug-likeness (QED) is 0.538. The summed E-state index contributed by atoms with van der Waals surface area (Å²) in [6.45, 7) is 0. The Morgan fingerprint density at radius 2 is 2.00 bits per heavy atom. The molecule has 0 aliphatic rings. The van der Waals surface area contributed by atoms with E-state index in [0.717, 1.165) is 29.4 Å². The Labute approximate surface area is 122 Å². The molecule has 0 aliphatic heterocycles. The maximum absolute atomic E-state index is 4.41. The van der Waals surface area contributed by atoms with Crippen LogP contribution in [0.1, 0.15) is 12.1 Å². The van der Waals surface area contributed by atoms with Gasteiger partial charge in [0.2, 0.25) is 0 Å². The van der Waals surface area contributed by atoms with E-state index in [9.17, 15) is 0 Å². The summed E-state index contributed by atoms with van der Waals surface area (Å²) in [6, 6.07) is 10.3. The third-order valence-corrected chi connectivity index (χ3v) is 4.00. The molecule has 0 amide bonds. The second-order valence-electron chi connectivity index (χ2n) is 4.50. The van der Waals surface area contributed by atoms with Crippen LogP contribution in [0.3, 0.4) is 0 Å². The van der Waals surface area contributed by atoms with E-state index in [1.54, 1.807) is 18.1 Å². The minimum Gasteiger partial charge on any atom is -0.348 e. The van der Waals surface area contributed by atoms with Crippen LogP contribution in [0, 0.1) is 0 Å². The number of aryl methyl sites for hydroxylation is 1. The molecule has 5 heteroatoms. The molecule has 2 heterocycles. The van der Waals surface area contributed by atoms with Crippen molar-refractivity contribution in [1.29, 1.82) is 0 Å². The predicted molar refractivity (Wildman–Crippen MR) is 81.7 cm³/mol. The zero-order chi connectivity index (χ0) is 13.6. The normalized spacial score (nSPS) is 10.8. The van der Waals surface area contributed by atoms with Gasteiger partial charge in [0.05, 0.1) is 18.2 Å². The Hall–Kier alpha value is -2.01. The highest BCUT2D eigenvalue weighted by atomic mass is 32.2. The molecule has 0 atom stereocenters. The Morgan fingerprint density at radius 3 is 2.80 bits per heavy atom. The van der Waals surface area contributed by atoms with Crippen LogP contribution in [0.15, 0.2) is 54.2 Å². The highest BCUT2D eigenvalue weighted by Gasteiger charge is 2.03. The molecular formula is C15H16N4S. The van der Waals surface area contributed by atoms with Crippen molar-refractivity contribution in [2.24, 2.45) is 0 Å². The molecule has 0 aliphatic carbocycles. The van der Waals surface area contributed by atoms with Gasteiger partial charge in [0, 0.05) is 17.6 Å². The van der Waals surface area contributed by atoms with E-state index in [0.29, 0.717) is 0 Å². The second-order valence-corrected chi connectivity index (χ2v) is 5.58. The number of H-pyrrole nitrogens is 2. The lowest BCUT2D eigenvalue weighted by atomic mass is 10.2. The summed E-state index contributed by atoms with van der Waals surface area (Å²) < 4.78 is 0. The summed E-state index contributed by atoms with van der Waals surface area (Å²) in [7, 11) is 0. The number of thioether (sulfide) groups is 1. The van der Waals surface area contributed by atoms with Gasteiger partial charge in [0.15, 0.2) is 5.16 Å². The van der Waals surface area contributed by atoms with E-state index >= 15 is 0 Å². The Balaban J connectivity index is 1.50. The molecule has 0 saturated heterocycles. The summed E-state index contributed by atoms with van der Waals surface area (Å²) in [5.41, 5.74) is 3.43. The molecule has 2 N–H and O–H groups in total. The molecule has 3 aromatic rings. The molecule has 0 saturated carbocycles. The fourth-order valence-electron chi connectivity index (χ4n) is 1.99. The topological polar surface area (TPSA) is 57.4 Å². The molecule has 0 unspecified atom stereocenters. The van der Waals surface area contributed by atoms with Gasteiger partial charge < -0.3 is 9.97 Å². The van der Waals surface area contributed by atoms with Gasteiger partial charge in [0.1, 0.15) is 0 Å². The number of benzene rings is 1. The number of aromatic amines is 2. The predicted octanol–water partition coefficient (Wildman–Crippen LogP) is 3.52. The number of hydrogen-bond donors (Lipinski definition) is 2. The molecule has 20 heavy (non-hydrogen) atoms. The van der Waals surface area contributed by atoms with Crippen molar-refractivity contribution in [2.75, 3.05) is 5.75 Å². The standard InChI is InChI=1S/C15H16N4S/c1-2-5-12(6-3-1)14-10-17-15(19-14)20-8-4-7-13-9-16-11-18-13/h1-3,5-6,9-11H,4,7-8H2,(H,16,18)(H,17,19). The Kier molecular flexibility index (Phi) is 4.18. The van der Waals surface area contributed by atoms with E-state index in [1.807, 2.05) is 30.6 Å². The zero-order valence-electron chi connectivity index (χ0n) is 11.0. The monoisotopic (exact) mass is 284 g/mol. The lowest BCUT2D eigenvalue weighted by molar-refractivity contribution is 0.898. The van der Waals surface area contributed by atoms with Crippen LogP contribution >= 0.6 is 11.8 Å². The van der Waals surface area contributed by atoms with Crippen LogP contribution in [-0.4, -0.2) is 25.7 Å². The van der Waals surface area contributed by atoms with E-state index in [1.165, 1.54) is 11.3 Å². The van der Waals surface area contributed by atoms with E-state index in [4.69, 9.17) is 0 Å². The number of aromatic nitrogens is 4. The summed E-state index contributed by atoms with van der Waals surface area (Å²) in [5, 5.41) is 0.980. The first-order valence-electron chi connectivity index (χ1n) is 6.62. The van der Waals surface area contributed by atoms with Crippen LogP contribution in [0.4, 0.5) is 0 Å². The molecule has 0 bridgehead atoms. The maximum atomic E-state index is 4.41. The molecule has 4 nitrogen and oxygen atoms in total. The minimum absolute atomic E-state index is 0.980.